The summed E-state index contributed by atoms with van der Waals surface area (Å²) in [6, 6.07) is 7.46. The first-order valence-electron chi connectivity index (χ1n) is 11.6. The first kappa shape index (κ1) is 27.2. The zero-order valence-corrected chi connectivity index (χ0v) is 20.2. The number of aryl methyl sites for hydroxylation is 1. The second-order valence-corrected chi connectivity index (χ2v) is 8.81. The molecule has 7 nitrogen and oxygen atoms in total. The minimum Gasteiger partial charge on any atom is -0.481 e. The van der Waals surface area contributed by atoms with Gasteiger partial charge < -0.3 is 19.1 Å². The second kappa shape index (κ2) is 12.0. The Bertz CT molecular complexity index is 1210. The Morgan fingerprint density at radius 1 is 1.17 bits per heavy atom. The van der Waals surface area contributed by atoms with Gasteiger partial charge in [0.2, 0.25) is 0 Å². The van der Waals surface area contributed by atoms with E-state index in [0.717, 1.165) is 23.0 Å². The van der Waals surface area contributed by atoms with E-state index in [1.165, 1.54) is 18.2 Å². The Morgan fingerprint density at radius 3 is 2.67 bits per heavy atom. The van der Waals surface area contributed by atoms with E-state index in [9.17, 15) is 22.8 Å². The first-order chi connectivity index (χ1) is 17.0. The molecule has 2 aromatic heterocycles. The van der Waals surface area contributed by atoms with Crippen LogP contribution < -0.4 is 4.74 Å². The van der Waals surface area contributed by atoms with Crippen molar-refractivity contribution >= 4 is 22.7 Å². The molecular weight excluding hydrogens is 477 g/mol. The summed E-state index contributed by atoms with van der Waals surface area (Å²) < 4.78 is 48.7. The molecule has 3 rings (SSSR count). The summed E-state index contributed by atoms with van der Waals surface area (Å²) in [6.07, 6.45) is 0.671. The number of carbonyl (C=O) groups is 2. The van der Waals surface area contributed by atoms with E-state index in [1.54, 1.807) is 31.5 Å². The predicted octanol–water partition coefficient (Wildman–Crippen LogP) is 5.70. The first-order valence-corrected chi connectivity index (χ1v) is 11.6. The van der Waals surface area contributed by atoms with E-state index in [0.29, 0.717) is 30.6 Å². The van der Waals surface area contributed by atoms with Crippen LogP contribution in [0.15, 0.2) is 42.7 Å². The highest BCUT2D eigenvalue weighted by Crippen LogP contribution is 2.29. The van der Waals surface area contributed by atoms with Gasteiger partial charge in [-0.15, -0.1) is 13.2 Å². The van der Waals surface area contributed by atoms with E-state index in [2.05, 4.69) is 9.72 Å². The molecule has 0 saturated heterocycles. The molecular formula is C26H29F3N2O5. The topological polar surface area (TPSA) is 90.6 Å². The minimum absolute atomic E-state index is 0.0734. The van der Waals surface area contributed by atoms with Crippen molar-refractivity contribution in [3.63, 3.8) is 0 Å². The molecule has 1 aromatic carbocycles. The van der Waals surface area contributed by atoms with Crippen molar-refractivity contribution in [3.05, 3.63) is 59.5 Å². The normalized spacial score (nSPS) is 12.6. The molecule has 1 atom stereocenters. The molecule has 0 fully saturated rings. The van der Waals surface area contributed by atoms with Crippen LogP contribution in [0.25, 0.3) is 10.9 Å². The molecule has 0 saturated carbocycles. The van der Waals surface area contributed by atoms with Crippen molar-refractivity contribution in [2.75, 3.05) is 6.61 Å². The quantitative estimate of drug-likeness (QED) is 0.236. The van der Waals surface area contributed by atoms with E-state index in [1.807, 2.05) is 11.6 Å². The number of aromatic nitrogens is 2. The molecule has 0 aliphatic carbocycles. The number of carboxylic acid groups (broad SMARTS) is 1. The lowest BCUT2D eigenvalue weighted by Gasteiger charge is -2.11. The number of hydrogen-bond acceptors (Lipinski definition) is 5. The number of carboxylic acids is 1. The van der Waals surface area contributed by atoms with Gasteiger partial charge in [0.05, 0.1) is 18.3 Å². The smallest absolute Gasteiger partial charge is 0.481 e. The predicted molar refractivity (Wildman–Crippen MR) is 127 cm³/mol. The fourth-order valence-corrected chi connectivity index (χ4v) is 4.25. The van der Waals surface area contributed by atoms with Gasteiger partial charge in [-0.1, -0.05) is 19.1 Å². The van der Waals surface area contributed by atoms with Crippen molar-refractivity contribution in [2.45, 2.75) is 52.0 Å². The maximum Gasteiger partial charge on any atom is 0.573 e. The maximum absolute atomic E-state index is 13.2. The number of unbranched alkanes of at least 4 members (excludes halogenated alkanes) is 1. The highest BCUT2D eigenvalue weighted by Gasteiger charge is 2.31. The standard InChI is InChI=1S/C26H29F3N2O5/c1-17(13-24(33)34)12-23(32)25-20-9-10-30-15-22(20)31(2)21(25)8-3-4-11-35-16-18-6-5-7-19(14-18)36-26(27,28)29/h5-7,9-10,14-15,17H,3-4,8,11-13,16H2,1-2H3,(H,33,34)/t17-/m0/s1. The third-order valence-electron chi connectivity index (χ3n) is 5.81. The summed E-state index contributed by atoms with van der Waals surface area (Å²) >= 11 is 0. The van der Waals surface area contributed by atoms with Crippen LogP contribution in [0, 0.1) is 5.92 Å². The number of hydrogen-bond donors (Lipinski definition) is 1. The average molecular weight is 507 g/mol. The van der Waals surface area contributed by atoms with Crippen molar-refractivity contribution in [2.24, 2.45) is 13.0 Å². The minimum atomic E-state index is -4.74. The molecule has 2 heterocycles. The number of pyridine rings is 1. The molecule has 36 heavy (non-hydrogen) atoms. The van der Waals surface area contributed by atoms with Gasteiger partial charge in [-0.2, -0.15) is 0 Å². The Kier molecular flexibility index (Phi) is 9.08. The van der Waals surface area contributed by atoms with Crippen LogP contribution in [0.5, 0.6) is 5.75 Å². The number of halogens is 3. The van der Waals surface area contributed by atoms with Crippen LogP contribution in [0.3, 0.4) is 0 Å². The fourth-order valence-electron chi connectivity index (χ4n) is 4.25. The SMILES string of the molecule is C[C@H](CC(=O)O)CC(=O)c1c(CCCCOCc2cccc(OC(F)(F)F)c2)n(C)c2cnccc12. The molecule has 0 aliphatic rings. The van der Waals surface area contributed by atoms with Gasteiger partial charge in [0, 0.05) is 49.3 Å². The summed E-state index contributed by atoms with van der Waals surface area (Å²) in [5.41, 5.74) is 2.87. The number of nitrogens with zero attached hydrogens (tertiary/aromatic N) is 2. The van der Waals surface area contributed by atoms with Gasteiger partial charge in [0.15, 0.2) is 5.78 Å². The van der Waals surface area contributed by atoms with Crippen molar-refractivity contribution in [3.8, 4) is 5.75 Å². The Morgan fingerprint density at radius 2 is 1.94 bits per heavy atom. The number of benzene rings is 1. The molecule has 3 aromatic rings. The van der Waals surface area contributed by atoms with E-state index < -0.39 is 12.3 Å². The van der Waals surface area contributed by atoms with Crippen molar-refractivity contribution in [1.29, 1.82) is 0 Å². The van der Waals surface area contributed by atoms with Crippen molar-refractivity contribution < 1.29 is 37.3 Å². The molecule has 0 bridgehead atoms. The Hall–Kier alpha value is -3.40. The number of aliphatic carboxylic acids is 1. The zero-order chi connectivity index (χ0) is 26.3. The molecule has 0 radical (unpaired) electrons. The van der Waals surface area contributed by atoms with Gasteiger partial charge in [-0.25, -0.2) is 0 Å². The average Bonchev–Trinajstić information content (AvgIpc) is 3.06. The summed E-state index contributed by atoms with van der Waals surface area (Å²) in [7, 11) is 1.88. The third kappa shape index (κ3) is 7.55. The van der Waals surface area contributed by atoms with E-state index in [-0.39, 0.29) is 36.9 Å². The molecule has 0 aliphatic heterocycles. The van der Waals surface area contributed by atoms with Gasteiger partial charge in [0.25, 0.3) is 0 Å². The van der Waals surface area contributed by atoms with Gasteiger partial charge in [0.1, 0.15) is 5.75 Å². The fraction of sp³-hybridized carbons (Fsp3) is 0.423. The number of ether oxygens (including phenoxy) is 2. The van der Waals surface area contributed by atoms with Gasteiger partial charge in [-0.05, 0) is 48.9 Å². The maximum atomic E-state index is 13.2. The van der Waals surface area contributed by atoms with Crippen molar-refractivity contribution in [1.82, 2.24) is 9.55 Å². The molecule has 0 amide bonds. The van der Waals surface area contributed by atoms with Gasteiger partial charge in [-0.3, -0.25) is 14.6 Å². The van der Waals surface area contributed by atoms with Crippen LogP contribution in [-0.2, 0) is 29.6 Å². The van der Waals surface area contributed by atoms with Crippen LogP contribution in [0.1, 0.15) is 54.2 Å². The van der Waals surface area contributed by atoms with E-state index >= 15 is 0 Å². The number of ketones is 1. The molecule has 0 unspecified atom stereocenters. The summed E-state index contributed by atoms with van der Waals surface area (Å²) in [5.74, 6) is -1.60. The molecule has 0 spiro atoms. The number of fused-ring (bicyclic) bond motifs is 1. The monoisotopic (exact) mass is 506 g/mol. The van der Waals surface area contributed by atoms with E-state index in [4.69, 9.17) is 9.84 Å². The zero-order valence-electron chi connectivity index (χ0n) is 20.2. The lowest BCUT2D eigenvalue weighted by atomic mass is 9.94. The summed E-state index contributed by atoms with van der Waals surface area (Å²) in [6.45, 7) is 2.30. The lowest BCUT2D eigenvalue weighted by Crippen LogP contribution is -2.17. The highest BCUT2D eigenvalue weighted by molar-refractivity contribution is 6.09. The van der Waals surface area contributed by atoms with Crippen LogP contribution in [0.4, 0.5) is 13.2 Å². The molecule has 1 N–H and O–H groups in total. The third-order valence-corrected chi connectivity index (χ3v) is 5.81. The van der Waals surface area contributed by atoms with Gasteiger partial charge >= 0.3 is 12.3 Å². The van der Waals surface area contributed by atoms with Crippen LogP contribution in [0.2, 0.25) is 0 Å². The Labute approximate surface area is 206 Å². The molecule has 194 valence electrons. The lowest BCUT2D eigenvalue weighted by molar-refractivity contribution is -0.274. The number of Topliss-reactive ketones (excluding diaryl/α,β-unsaturated/α-hetero) is 1. The van der Waals surface area contributed by atoms with Crippen LogP contribution in [-0.4, -0.2) is 39.4 Å². The number of carbonyl (C=O) groups excluding carboxylic acids is 1. The summed E-state index contributed by atoms with van der Waals surface area (Å²) in [4.78, 5) is 28.3. The Balaban J connectivity index is 1.58. The highest BCUT2D eigenvalue weighted by atomic mass is 19.4. The number of rotatable bonds is 13. The van der Waals surface area contributed by atoms with Crippen LogP contribution >= 0.6 is 0 Å². The molecule has 10 heteroatoms. The summed E-state index contributed by atoms with van der Waals surface area (Å²) in [5, 5.41) is 9.83. The number of alkyl halides is 3. The largest absolute Gasteiger partial charge is 0.573 e. The second-order valence-electron chi connectivity index (χ2n) is 8.81.